The van der Waals surface area contributed by atoms with Gasteiger partial charge in [0.25, 0.3) is 0 Å². The number of halogens is 1. The van der Waals surface area contributed by atoms with Crippen molar-refractivity contribution in [3.8, 4) is 5.75 Å². The molecule has 0 aliphatic rings. The fraction of sp³-hybridized carbons (Fsp3) is 0.0714. The molecule has 3 N–H and O–H groups in total. The van der Waals surface area contributed by atoms with Gasteiger partial charge in [-0.3, -0.25) is 0 Å². The second kappa shape index (κ2) is 4.57. The molecule has 96 valence electrons. The van der Waals surface area contributed by atoms with Crippen LogP contribution >= 0.6 is 11.6 Å². The van der Waals surface area contributed by atoms with Crippen LogP contribution < -0.4 is 0 Å². The first-order chi connectivity index (χ1) is 9.15. The highest BCUT2D eigenvalue weighted by Crippen LogP contribution is 2.30. The van der Waals surface area contributed by atoms with Crippen molar-refractivity contribution in [3.63, 3.8) is 0 Å². The molecule has 4 nitrogen and oxygen atoms in total. The van der Waals surface area contributed by atoms with Crippen LogP contribution in [0, 0.1) is 0 Å². The first-order valence-corrected chi connectivity index (χ1v) is 6.12. The van der Waals surface area contributed by atoms with Gasteiger partial charge in [0.05, 0.1) is 5.02 Å². The molecule has 0 amide bonds. The van der Waals surface area contributed by atoms with Gasteiger partial charge in [-0.2, -0.15) is 0 Å². The van der Waals surface area contributed by atoms with Gasteiger partial charge in [-0.1, -0.05) is 23.7 Å². The third-order valence-corrected chi connectivity index (χ3v) is 3.24. The molecule has 0 saturated carbocycles. The second-order valence-electron chi connectivity index (χ2n) is 4.29. The van der Waals surface area contributed by atoms with Gasteiger partial charge in [-0.05, 0) is 23.8 Å². The minimum Gasteiger partial charge on any atom is -0.508 e. The minimum absolute atomic E-state index is 0.166. The van der Waals surface area contributed by atoms with Gasteiger partial charge in [-0.15, -0.1) is 0 Å². The number of hydrogen-bond acceptors (Lipinski definition) is 3. The Hall–Kier alpha value is -2.04. The number of fused-ring (bicyclic) bond motifs is 1. The molecule has 0 aliphatic carbocycles. The third kappa shape index (κ3) is 2.16. The number of aromatic amines is 1. The van der Waals surface area contributed by atoms with E-state index in [1.807, 2.05) is 0 Å². The summed E-state index contributed by atoms with van der Waals surface area (Å²) in [6.07, 6.45) is 2.47. The summed E-state index contributed by atoms with van der Waals surface area (Å²) in [7, 11) is 0. The van der Waals surface area contributed by atoms with Gasteiger partial charge in [0.15, 0.2) is 0 Å². The van der Waals surface area contributed by atoms with Gasteiger partial charge in [-0.25, -0.2) is 4.98 Å². The smallest absolute Gasteiger partial charge is 0.137 e. The van der Waals surface area contributed by atoms with Crippen LogP contribution in [-0.4, -0.2) is 20.2 Å². The number of phenolic OH excluding ortho intramolecular Hbond substituents is 1. The summed E-state index contributed by atoms with van der Waals surface area (Å²) in [5.41, 5.74) is 2.08. The van der Waals surface area contributed by atoms with Crippen molar-refractivity contribution in [2.75, 3.05) is 0 Å². The number of pyridine rings is 1. The van der Waals surface area contributed by atoms with E-state index in [9.17, 15) is 10.2 Å². The number of rotatable bonds is 2. The number of aliphatic hydroxyl groups is 1. The van der Waals surface area contributed by atoms with Gasteiger partial charge in [0, 0.05) is 23.3 Å². The van der Waals surface area contributed by atoms with Crippen molar-refractivity contribution >= 4 is 22.6 Å². The van der Waals surface area contributed by atoms with E-state index >= 15 is 0 Å². The maximum Gasteiger partial charge on any atom is 0.137 e. The number of nitrogens with one attached hydrogen (secondary N) is 1. The van der Waals surface area contributed by atoms with Crippen molar-refractivity contribution in [2.45, 2.75) is 6.10 Å². The highest BCUT2D eigenvalue weighted by molar-refractivity contribution is 6.31. The van der Waals surface area contributed by atoms with Gasteiger partial charge in [0.2, 0.25) is 0 Å². The SMILES string of the molecule is Oc1ccc(C(O)c2c[nH]c3ncc(Cl)cc23)cc1. The Morgan fingerprint density at radius 1 is 1.21 bits per heavy atom. The van der Waals surface area contributed by atoms with Gasteiger partial charge >= 0.3 is 0 Å². The Kier molecular flexibility index (Phi) is 2.89. The molecular weight excluding hydrogens is 264 g/mol. The number of aliphatic hydroxyl groups excluding tert-OH is 1. The monoisotopic (exact) mass is 274 g/mol. The lowest BCUT2D eigenvalue weighted by Crippen LogP contribution is -1.98. The minimum atomic E-state index is -0.797. The normalized spacial score (nSPS) is 12.7. The molecule has 1 aromatic carbocycles. The summed E-state index contributed by atoms with van der Waals surface area (Å²) in [5.74, 6) is 0.166. The average Bonchev–Trinajstić information content (AvgIpc) is 2.81. The van der Waals surface area contributed by atoms with E-state index < -0.39 is 6.10 Å². The summed E-state index contributed by atoms with van der Waals surface area (Å²) < 4.78 is 0. The van der Waals surface area contributed by atoms with Crippen molar-refractivity contribution < 1.29 is 10.2 Å². The summed E-state index contributed by atoms with van der Waals surface area (Å²) in [6, 6.07) is 8.20. The summed E-state index contributed by atoms with van der Waals surface area (Å²) in [4.78, 5) is 7.15. The lowest BCUT2D eigenvalue weighted by molar-refractivity contribution is 0.222. The molecule has 0 radical (unpaired) electrons. The van der Waals surface area contributed by atoms with Crippen LogP contribution in [0.2, 0.25) is 5.02 Å². The third-order valence-electron chi connectivity index (χ3n) is 3.03. The average molecular weight is 275 g/mol. The lowest BCUT2D eigenvalue weighted by Gasteiger charge is -2.10. The van der Waals surface area contributed by atoms with Gasteiger partial charge in [0.1, 0.15) is 17.5 Å². The number of hydrogen-bond donors (Lipinski definition) is 3. The molecule has 2 aromatic heterocycles. The topological polar surface area (TPSA) is 69.1 Å². The molecule has 3 rings (SSSR count). The van der Waals surface area contributed by atoms with Crippen LogP contribution in [0.4, 0.5) is 0 Å². The maximum atomic E-state index is 10.4. The fourth-order valence-corrected chi connectivity index (χ4v) is 2.22. The Morgan fingerprint density at radius 2 is 1.95 bits per heavy atom. The fourth-order valence-electron chi connectivity index (χ4n) is 2.06. The molecule has 1 atom stereocenters. The van der Waals surface area contributed by atoms with E-state index in [4.69, 9.17) is 11.6 Å². The van der Waals surface area contributed by atoms with E-state index in [0.29, 0.717) is 21.8 Å². The summed E-state index contributed by atoms with van der Waals surface area (Å²) >= 11 is 5.93. The van der Waals surface area contributed by atoms with Crippen molar-refractivity contribution in [1.29, 1.82) is 0 Å². The largest absolute Gasteiger partial charge is 0.508 e. The van der Waals surface area contributed by atoms with Crippen LogP contribution in [0.5, 0.6) is 5.75 Å². The molecule has 19 heavy (non-hydrogen) atoms. The standard InChI is InChI=1S/C14H11ClN2O2/c15-9-5-11-12(7-17-14(11)16-6-9)13(19)8-1-3-10(18)4-2-8/h1-7,13,18-19H,(H,16,17). The first kappa shape index (κ1) is 12.0. The van der Waals surface area contributed by atoms with Crippen molar-refractivity contribution in [2.24, 2.45) is 0 Å². The van der Waals surface area contributed by atoms with Gasteiger partial charge < -0.3 is 15.2 Å². The van der Waals surface area contributed by atoms with Crippen molar-refractivity contribution in [3.05, 3.63) is 58.9 Å². The Morgan fingerprint density at radius 3 is 2.68 bits per heavy atom. The van der Waals surface area contributed by atoms with E-state index in [1.54, 1.807) is 42.7 Å². The molecule has 1 unspecified atom stereocenters. The quantitative estimate of drug-likeness (QED) is 0.673. The molecule has 3 aromatic rings. The highest BCUT2D eigenvalue weighted by atomic mass is 35.5. The van der Waals surface area contributed by atoms with Crippen molar-refractivity contribution in [1.82, 2.24) is 9.97 Å². The molecule has 2 heterocycles. The van der Waals surface area contributed by atoms with E-state index in [0.717, 1.165) is 5.39 Å². The predicted octanol–water partition coefficient (Wildman–Crippen LogP) is 3.00. The van der Waals surface area contributed by atoms with E-state index in [2.05, 4.69) is 9.97 Å². The van der Waals surface area contributed by atoms with Crippen LogP contribution in [0.1, 0.15) is 17.2 Å². The van der Waals surface area contributed by atoms with E-state index in [-0.39, 0.29) is 5.75 Å². The highest BCUT2D eigenvalue weighted by Gasteiger charge is 2.15. The number of phenols is 1. The lowest BCUT2D eigenvalue weighted by atomic mass is 10.0. The zero-order valence-corrected chi connectivity index (χ0v) is 10.6. The number of aromatic hydroxyl groups is 1. The number of nitrogens with zero attached hydrogens (tertiary/aromatic N) is 1. The van der Waals surface area contributed by atoms with Crippen LogP contribution in [0.3, 0.4) is 0 Å². The number of H-pyrrole nitrogens is 1. The Bertz CT molecular complexity index is 722. The summed E-state index contributed by atoms with van der Waals surface area (Å²) in [5, 5.41) is 21.0. The molecular formula is C14H11ClN2O2. The summed E-state index contributed by atoms with van der Waals surface area (Å²) in [6.45, 7) is 0. The first-order valence-electron chi connectivity index (χ1n) is 5.74. The molecule has 5 heteroatoms. The second-order valence-corrected chi connectivity index (χ2v) is 4.72. The Balaban J connectivity index is 2.08. The maximum absolute atomic E-state index is 10.4. The van der Waals surface area contributed by atoms with Crippen LogP contribution in [0.25, 0.3) is 11.0 Å². The molecule has 0 aliphatic heterocycles. The van der Waals surface area contributed by atoms with E-state index in [1.165, 1.54) is 0 Å². The molecule has 0 fully saturated rings. The zero-order chi connectivity index (χ0) is 13.4. The van der Waals surface area contributed by atoms with Crippen LogP contribution in [-0.2, 0) is 0 Å². The number of benzene rings is 1. The zero-order valence-electron chi connectivity index (χ0n) is 9.84. The molecule has 0 saturated heterocycles. The Labute approximate surface area is 114 Å². The molecule has 0 bridgehead atoms. The van der Waals surface area contributed by atoms with Crippen LogP contribution in [0.15, 0.2) is 42.7 Å². The predicted molar refractivity (Wildman–Crippen MR) is 73.3 cm³/mol. The molecule has 0 spiro atoms. The number of aromatic nitrogens is 2.